The Labute approximate surface area is 145 Å². The van der Waals surface area contributed by atoms with Gasteiger partial charge in [0, 0.05) is 10.7 Å². The molecule has 0 heterocycles. The van der Waals surface area contributed by atoms with Crippen molar-refractivity contribution >= 4 is 38.9 Å². The van der Waals surface area contributed by atoms with Gasteiger partial charge in [0.25, 0.3) is 0 Å². The Kier molecular flexibility index (Phi) is 5.46. The molecule has 2 rings (SSSR count). The van der Waals surface area contributed by atoms with Crippen molar-refractivity contribution < 1.29 is 17.6 Å². The van der Waals surface area contributed by atoms with E-state index < -0.39 is 28.3 Å². The van der Waals surface area contributed by atoms with Crippen molar-refractivity contribution in [2.45, 2.75) is 6.92 Å². The molecule has 0 spiro atoms. The molecule has 0 aliphatic carbocycles. The first kappa shape index (κ1) is 18.2. The largest absolute Gasteiger partial charge is 0.324 e. The Morgan fingerprint density at radius 2 is 1.96 bits per heavy atom. The molecule has 0 radical (unpaired) electrons. The molecule has 0 aromatic heterocycles. The van der Waals surface area contributed by atoms with Crippen molar-refractivity contribution in [3.05, 3.63) is 58.9 Å². The molecule has 0 aliphatic rings. The first-order valence-electron chi connectivity index (χ1n) is 6.96. The molecule has 0 bridgehead atoms. The normalized spacial score (nSPS) is 11.2. The third-order valence-corrected chi connectivity index (χ3v) is 4.63. The summed E-state index contributed by atoms with van der Waals surface area (Å²) in [5, 5.41) is 3.06. The second-order valence-corrected chi connectivity index (χ2v) is 7.60. The lowest BCUT2D eigenvalue weighted by atomic mass is 10.2. The maximum atomic E-state index is 13.4. The van der Waals surface area contributed by atoms with Crippen LogP contribution < -0.4 is 9.62 Å². The Bertz CT molecular complexity index is 871. The number of rotatable bonds is 5. The van der Waals surface area contributed by atoms with Gasteiger partial charge >= 0.3 is 0 Å². The monoisotopic (exact) mass is 370 g/mol. The number of benzene rings is 2. The molecule has 0 saturated heterocycles. The number of aryl methyl sites for hydroxylation is 1. The fourth-order valence-electron chi connectivity index (χ4n) is 2.08. The number of sulfonamides is 1. The van der Waals surface area contributed by atoms with Crippen LogP contribution in [-0.4, -0.2) is 27.1 Å². The number of nitrogens with zero attached hydrogens (tertiary/aromatic N) is 1. The number of halogens is 2. The maximum absolute atomic E-state index is 13.4. The summed E-state index contributed by atoms with van der Waals surface area (Å²) in [6.45, 7) is 1.31. The summed E-state index contributed by atoms with van der Waals surface area (Å²) in [4.78, 5) is 12.2. The van der Waals surface area contributed by atoms with Crippen LogP contribution in [0.4, 0.5) is 15.8 Å². The van der Waals surface area contributed by atoms with Crippen molar-refractivity contribution in [2.24, 2.45) is 0 Å². The first-order chi connectivity index (χ1) is 11.2. The number of hydrogen-bond acceptors (Lipinski definition) is 3. The molecule has 8 heteroatoms. The van der Waals surface area contributed by atoms with Crippen LogP contribution in [-0.2, 0) is 14.8 Å². The molecule has 0 atom stereocenters. The number of carbonyl (C=O) groups excluding carboxylic acids is 1. The summed E-state index contributed by atoms with van der Waals surface area (Å²) < 4.78 is 38.1. The molecule has 2 aromatic rings. The molecule has 5 nitrogen and oxygen atoms in total. The molecule has 0 aliphatic heterocycles. The number of anilines is 2. The van der Waals surface area contributed by atoms with Gasteiger partial charge in [0.15, 0.2) is 0 Å². The minimum absolute atomic E-state index is 0.0791. The lowest BCUT2D eigenvalue weighted by Crippen LogP contribution is -2.37. The number of amides is 1. The van der Waals surface area contributed by atoms with Crippen LogP contribution in [0, 0.1) is 12.7 Å². The van der Waals surface area contributed by atoms with Crippen LogP contribution in [0.1, 0.15) is 5.56 Å². The van der Waals surface area contributed by atoms with Gasteiger partial charge in [-0.15, -0.1) is 0 Å². The van der Waals surface area contributed by atoms with Crippen molar-refractivity contribution in [2.75, 3.05) is 22.4 Å². The fourth-order valence-corrected chi connectivity index (χ4v) is 3.10. The smallest absolute Gasteiger partial charge is 0.245 e. The van der Waals surface area contributed by atoms with Gasteiger partial charge in [0.2, 0.25) is 15.9 Å². The standard InChI is InChI=1S/C16H16ClFN2O3S/c1-11-6-7-12(17)8-15(11)19-16(21)10-20(24(2,22)23)14-5-3-4-13(18)9-14/h3-9H,10H2,1-2H3,(H,19,21). The summed E-state index contributed by atoms with van der Waals surface area (Å²) in [7, 11) is -3.76. The Balaban J connectivity index is 2.24. The first-order valence-corrected chi connectivity index (χ1v) is 9.19. The summed E-state index contributed by atoms with van der Waals surface area (Å²) in [5.74, 6) is -1.15. The van der Waals surface area contributed by atoms with Gasteiger partial charge in [-0.3, -0.25) is 9.10 Å². The Morgan fingerprint density at radius 3 is 2.58 bits per heavy atom. The van der Waals surface area contributed by atoms with E-state index in [1.165, 1.54) is 18.2 Å². The second-order valence-electron chi connectivity index (χ2n) is 5.26. The number of carbonyl (C=O) groups is 1. The molecule has 1 amide bonds. The van der Waals surface area contributed by atoms with Crippen LogP contribution in [0.5, 0.6) is 0 Å². The Hall–Kier alpha value is -2.12. The van der Waals surface area contributed by atoms with E-state index in [-0.39, 0.29) is 5.69 Å². The van der Waals surface area contributed by atoms with Crippen molar-refractivity contribution in [3.8, 4) is 0 Å². The van der Waals surface area contributed by atoms with E-state index in [2.05, 4.69) is 5.32 Å². The zero-order valence-corrected chi connectivity index (χ0v) is 14.7. The minimum atomic E-state index is -3.76. The quantitative estimate of drug-likeness (QED) is 0.878. The highest BCUT2D eigenvalue weighted by Gasteiger charge is 2.21. The van der Waals surface area contributed by atoms with E-state index in [4.69, 9.17) is 11.6 Å². The molecule has 0 fully saturated rings. The van der Waals surface area contributed by atoms with Gasteiger partial charge in [-0.1, -0.05) is 23.7 Å². The molecule has 0 unspecified atom stereocenters. The van der Waals surface area contributed by atoms with Gasteiger partial charge in [-0.05, 0) is 42.8 Å². The van der Waals surface area contributed by atoms with Crippen molar-refractivity contribution in [1.29, 1.82) is 0 Å². The molecule has 1 N–H and O–H groups in total. The molecular weight excluding hydrogens is 355 g/mol. The molecule has 2 aromatic carbocycles. The lowest BCUT2D eigenvalue weighted by Gasteiger charge is -2.22. The summed E-state index contributed by atoms with van der Waals surface area (Å²) in [6, 6.07) is 10.0. The third-order valence-electron chi connectivity index (χ3n) is 3.26. The average Bonchev–Trinajstić information content (AvgIpc) is 2.47. The van der Waals surface area contributed by atoms with Crippen molar-refractivity contribution in [3.63, 3.8) is 0 Å². The van der Waals surface area contributed by atoms with E-state index in [1.54, 1.807) is 25.1 Å². The second kappa shape index (κ2) is 7.19. The minimum Gasteiger partial charge on any atom is -0.324 e. The summed E-state index contributed by atoms with van der Waals surface area (Å²) >= 11 is 5.89. The number of hydrogen-bond donors (Lipinski definition) is 1. The predicted molar refractivity (Wildman–Crippen MR) is 93.4 cm³/mol. The highest BCUT2D eigenvalue weighted by molar-refractivity contribution is 7.92. The van der Waals surface area contributed by atoms with Crippen LogP contribution in [0.15, 0.2) is 42.5 Å². The van der Waals surface area contributed by atoms with E-state index in [9.17, 15) is 17.6 Å². The summed E-state index contributed by atoms with van der Waals surface area (Å²) in [6.07, 6.45) is 0.954. The molecule has 0 saturated carbocycles. The van der Waals surface area contributed by atoms with Crippen LogP contribution in [0.25, 0.3) is 0 Å². The molecule has 128 valence electrons. The lowest BCUT2D eigenvalue weighted by molar-refractivity contribution is -0.114. The molecular formula is C16H16ClFN2O3S. The van der Waals surface area contributed by atoms with Crippen LogP contribution in [0.3, 0.4) is 0 Å². The molecule has 24 heavy (non-hydrogen) atoms. The maximum Gasteiger partial charge on any atom is 0.245 e. The SMILES string of the molecule is Cc1ccc(Cl)cc1NC(=O)CN(c1cccc(F)c1)S(C)(=O)=O. The van der Waals surface area contributed by atoms with Crippen LogP contribution in [0.2, 0.25) is 5.02 Å². The highest BCUT2D eigenvalue weighted by Crippen LogP contribution is 2.21. The van der Waals surface area contributed by atoms with E-state index in [0.29, 0.717) is 10.7 Å². The van der Waals surface area contributed by atoms with Gasteiger partial charge in [-0.2, -0.15) is 0 Å². The number of nitrogens with one attached hydrogen (secondary N) is 1. The van der Waals surface area contributed by atoms with Gasteiger partial charge in [-0.25, -0.2) is 12.8 Å². The predicted octanol–water partition coefficient (Wildman–Crippen LogP) is 3.19. The van der Waals surface area contributed by atoms with E-state index >= 15 is 0 Å². The van der Waals surface area contributed by atoms with Gasteiger partial charge in [0.1, 0.15) is 12.4 Å². The van der Waals surface area contributed by atoms with Gasteiger partial charge in [0.05, 0.1) is 11.9 Å². The Morgan fingerprint density at radius 1 is 1.25 bits per heavy atom. The highest BCUT2D eigenvalue weighted by atomic mass is 35.5. The zero-order chi connectivity index (χ0) is 17.9. The average molecular weight is 371 g/mol. The fraction of sp³-hybridized carbons (Fsp3) is 0.188. The van der Waals surface area contributed by atoms with E-state index in [0.717, 1.165) is 22.2 Å². The van der Waals surface area contributed by atoms with Crippen molar-refractivity contribution in [1.82, 2.24) is 0 Å². The van der Waals surface area contributed by atoms with Gasteiger partial charge < -0.3 is 5.32 Å². The zero-order valence-electron chi connectivity index (χ0n) is 13.1. The third kappa shape index (κ3) is 4.69. The summed E-state index contributed by atoms with van der Waals surface area (Å²) in [5.41, 5.74) is 1.35. The topological polar surface area (TPSA) is 66.5 Å². The van der Waals surface area contributed by atoms with E-state index in [1.807, 2.05) is 0 Å². The van der Waals surface area contributed by atoms with Crippen LogP contribution >= 0.6 is 11.6 Å².